The Kier molecular flexibility index (Phi) is 7.05. The first-order chi connectivity index (χ1) is 13.9. The van der Waals surface area contributed by atoms with Gasteiger partial charge in [-0.25, -0.2) is 4.90 Å². The van der Waals surface area contributed by atoms with E-state index in [1.807, 2.05) is 6.92 Å². The number of hydrogen-bond acceptors (Lipinski definition) is 5. The minimum absolute atomic E-state index is 0.0935. The third-order valence-electron chi connectivity index (χ3n) is 4.11. The van der Waals surface area contributed by atoms with Crippen LogP contribution in [0.3, 0.4) is 0 Å². The molecular weight excluding hydrogens is 433 g/mol. The Morgan fingerprint density at radius 1 is 1.21 bits per heavy atom. The van der Waals surface area contributed by atoms with E-state index in [-0.39, 0.29) is 18.2 Å². The number of anilines is 2. The summed E-state index contributed by atoms with van der Waals surface area (Å²) in [4.78, 5) is 31.0. The predicted octanol–water partition coefficient (Wildman–Crippen LogP) is 4.86. The molecule has 1 N–H and O–H groups in total. The van der Waals surface area contributed by atoms with Crippen LogP contribution in [-0.4, -0.2) is 35.9 Å². The fraction of sp³-hybridized carbons (Fsp3) is 0.250. The van der Waals surface area contributed by atoms with Gasteiger partial charge in [0, 0.05) is 28.7 Å². The molecule has 2 aromatic rings. The second-order valence-corrected chi connectivity index (χ2v) is 8.20. The first kappa shape index (κ1) is 21.5. The number of aliphatic imine (C=N–C) groups is 1. The van der Waals surface area contributed by atoms with E-state index in [1.54, 1.807) is 49.6 Å². The average Bonchev–Trinajstić information content (AvgIpc) is 2.94. The van der Waals surface area contributed by atoms with Gasteiger partial charge in [0.1, 0.15) is 11.0 Å². The zero-order chi connectivity index (χ0) is 21.0. The van der Waals surface area contributed by atoms with Crippen LogP contribution < -0.4 is 15.0 Å². The number of benzene rings is 2. The molecule has 1 fully saturated rings. The summed E-state index contributed by atoms with van der Waals surface area (Å²) in [6, 6.07) is 11.9. The van der Waals surface area contributed by atoms with E-state index in [0.717, 1.165) is 0 Å². The van der Waals surface area contributed by atoms with Crippen molar-refractivity contribution < 1.29 is 14.3 Å². The van der Waals surface area contributed by atoms with Crippen molar-refractivity contribution in [1.82, 2.24) is 0 Å². The van der Waals surface area contributed by atoms with Crippen LogP contribution in [0.2, 0.25) is 10.0 Å². The smallest absolute Gasteiger partial charge is 0.247 e. The lowest BCUT2D eigenvalue weighted by Crippen LogP contribution is -2.31. The fourth-order valence-corrected chi connectivity index (χ4v) is 4.44. The summed E-state index contributed by atoms with van der Waals surface area (Å²) in [5, 5.41) is 4.06. The number of carbonyl (C=O) groups excluding carboxylic acids is 2. The largest absolute Gasteiger partial charge is 0.497 e. The van der Waals surface area contributed by atoms with Crippen molar-refractivity contribution in [1.29, 1.82) is 0 Å². The van der Waals surface area contributed by atoms with E-state index >= 15 is 0 Å². The van der Waals surface area contributed by atoms with Crippen molar-refractivity contribution in [2.75, 3.05) is 23.9 Å². The van der Waals surface area contributed by atoms with Crippen LogP contribution in [0.1, 0.15) is 13.3 Å². The number of amidine groups is 1. The van der Waals surface area contributed by atoms with Gasteiger partial charge in [-0.3, -0.25) is 14.6 Å². The van der Waals surface area contributed by atoms with Crippen LogP contribution in [0.4, 0.5) is 11.4 Å². The highest BCUT2D eigenvalue weighted by atomic mass is 35.5. The summed E-state index contributed by atoms with van der Waals surface area (Å²) >= 11 is 13.3. The quantitative estimate of drug-likeness (QED) is 0.399. The molecule has 2 amide bonds. The molecular formula is C20H19Cl2N3O3S. The van der Waals surface area contributed by atoms with Gasteiger partial charge in [0.15, 0.2) is 5.17 Å². The molecule has 0 bridgehead atoms. The first-order valence-electron chi connectivity index (χ1n) is 8.86. The van der Waals surface area contributed by atoms with E-state index in [0.29, 0.717) is 38.9 Å². The van der Waals surface area contributed by atoms with Crippen molar-refractivity contribution in [2.45, 2.75) is 18.6 Å². The molecule has 0 spiro atoms. The van der Waals surface area contributed by atoms with Crippen LogP contribution in [0.25, 0.3) is 0 Å². The van der Waals surface area contributed by atoms with Gasteiger partial charge in [0.25, 0.3) is 0 Å². The van der Waals surface area contributed by atoms with Gasteiger partial charge in [-0.2, -0.15) is 0 Å². The second-order valence-electron chi connectivity index (χ2n) is 6.14. The lowest BCUT2D eigenvalue weighted by atomic mass is 10.3. The summed E-state index contributed by atoms with van der Waals surface area (Å²) < 4.78 is 5.12. The molecule has 29 heavy (non-hydrogen) atoms. The molecule has 9 heteroatoms. The zero-order valence-electron chi connectivity index (χ0n) is 15.8. The van der Waals surface area contributed by atoms with Gasteiger partial charge in [0.2, 0.25) is 11.8 Å². The highest BCUT2D eigenvalue weighted by molar-refractivity contribution is 8.15. The molecule has 0 aromatic heterocycles. The number of imide groups is 1. The fourth-order valence-electron chi connectivity index (χ4n) is 2.83. The lowest BCUT2D eigenvalue weighted by Gasteiger charge is -2.16. The standard InChI is InChI=1S/C20H19Cl2N3O3S/c1-3-23-20(24-14-9-12(21)8-13(22)10-14)29-17-11-18(26)25(19(17)27)15-4-6-16(28-2)7-5-15/h4-10,17H,3,11H2,1-2H3,(H,23,24). The van der Waals surface area contributed by atoms with Crippen LogP contribution in [0.5, 0.6) is 5.75 Å². The molecule has 152 valence electrons. The summed E-state index contributed by atoms with van der Waals surface area (Å²) in [7, 11) is 1.56. The number of nitrogens with zero attached hydrogens (tertiary/aromatic N) is 2. The number of amides is 2. The topological polar surface area (TPSA) is 71.0 Å². The van der Waals surface area contributed by atoms with E-state index in [1.165, 1.54) is 16.7 Å². The Morgan fingerprint density at radius 3 is 2.45 bits per heavy atom. The number of nitrogens with one attached hydrogen (secondary N) is 1. The minimum Gasteiger partial charge on any atom is -0.497 e. The Morgan fingerprint density at radius 2 is 1.86 bits per heavy atom. The lowest BCUT2D eigenvalue weighted by molar-refractivity contribution is -0.121. The Bertz CT molecular complexity index is 930. The summed E-state index contributed by atoms with van der Waals surface area (Å²) in [6.45, 7) is 2.40. The second kappa shape index (κ2) is 9.52. The number of halogens is 2. The Labute approximate surface area is 183 Å². The monoisotopic (exact) mass is 451 g/mol. The maximum atomic E-state index is 12.9. The van der Waals surface area contributed by atoms with Gasteiger partial charge in [0.05, 0.1) is 12.8 Å². The minimum atomic E-state index is -0.572. The van der Waals surface area contributed by atoms with Crippen molar-refractivity contribution in [3.63, 3.8) is 0 Å². The van der Waals surface area contributed by atoms with Crippen molar-refractivity contribution in [2.24, 2.45) is 4.99 Å². The normalized spacial score (nSPS) is 17.0. The molecule has 1 heterocycles. The third kappa shape index (κ3) is 5.23. The van der Waals surface area contributed by atoms with Gasteiger partial charge in [-0.05, 0) is 49.4 Å². The average molecular weight is 452 g/mol. The molecule has 0 aliphatic carbocycles. The SMILES string of the molecule is CCN=C(Nc1cc(Cl)cc(Cl)c1)SC1CC(=O)N(c2ccc(OC)cc2)C1=O. The van der Waals surface area contributed by atoms with Crippen LogP contribution in [0, 0.1) is 0 Å². The van der Waals surface area contributed by atoms with E-state index in [9.17, 15) is 9.59 Å². The summed E-state index contributed by atoms with van der Waals surface area (Å²) in [5.41, 5.74) is 1.18. The van der Waals surface area contributed by atoms with Crippen LogP contribution >= 0.6 is 35.0 Å². The number of ether oxygens (including phenoxy) is 1. The van der Waals surface area contributed by atoms with Crippen LogP contribution in [-0.2, 0) is 9.59 Å². The Hall–Kier alpha value is -2.22. The molecule has 2 aromatic carbocycles. The number of thioether (sulfide) groups is 1. The molecule has 0 saturated carbocycles. The molecule has 1 atom stereocenters. The summed E-state index contributed by atoms with van der Waals surface area (Å²) in [6.07, 6.45) is 0.0935. The molecule has 1 aliphatic heterocycles. The highest BCUT2D eigenvalue weighted by Gasteiger charge is 2.40. The third-order valence-corrected chi connectivity index (χ3v) is 5.65. The van der Waals surface area contributed by atoms with Crippen molar-refractivity contribution in [3.8, 4) is 5.75 Å². The summed E-state index contributed by atoms with van der Waals surface area (Å²) in [5.74, 6) is 0.125. The van der Waals surface area contributed by atoms with Crippen molar-refractivity contribution in [3.05, 3.63) is 52.5 Å². The zero-order valence-corrected chi connectivity index (χ0v) is 18.1. The number of carbonyl (C=O) groups is 2. The molecule has 6 nitrogen and oxygen atoms in total. The maximum absolute atomic E-state index is 12.9. The van der Waals surface area contributed by atoms with E-state index in [2.05, 4.69) is 10.3 Å². The molecule has 1 aliphatic rings. The van der Waals surface area contributed by atoms with E-state index < -0.39 is 5.25 Å². The molecule has 3 rings (SSSR count). The van der Waals surface area contributed by atoms with E-state index in [4.69, 9.17) is 27.9 Å². The van der Waals surface area contributed by atoms with Gasteiger partial charge >= 0.3 is 0 Å². The van der Waals surface area contributed by atoms with Gasteiger partial charge < -0.3 is 10.1 Å². The van der Waals surface area contributed by atoms with Crippen LogP contribution in [0.15, 0.2) is 47.5 Å². The molecule has 1 unspecified atom stereocenters. The number of hydrogen-bond donors (Lipinski definition) is 1. The first-order valence-corrected chi connectivity index (χ1v) is 10.5. The molecule has 1 saturated heterocycles. The van der Waals surface area contributed by atoms with Gasteiger partial charge in [-0.1, -0.05) is 35.0 Å². The Balaban J connectivity index is 1.75. The van der Waals surface area contributed by atoms with Crippen molar-refractivity contribution >= 4 is 63.3 Å². The number of methoxy groups -OCH3 is 1. The van der Waals surface area contributed by atoms with Gasteiger partial charge in [-0.15, -0.1) is 0 Å². The predicted molar refractivity (Wildman–Crippen MR) is 120 cm³/mol. The molecule has 0 radical (unpaired) electrons. The highest BCUT2D eigenvalue weighted by Crippen LogP contribution is 2.32. The number of rotatable bonds is 5. The maximum Gasteiger partial charge on any atom is 0.247 e.